The summed E-state index contributed by atoms with van der Waals surface area (Å²) in [4.78, 5) is 11.9. The fourth-order valence-electron chi connectivity index (χ4n) is 2.82. The van der Waals surface area contributed by atoms with Crippen molar-refractivity contribution in [3.8, 4) is 17.2 Å². The van der Waals surface area contributed by atoms with Crippen LogP contribution in [0.3, 0.4) is 0 Å². The molecule has 0 fully saturated rings. The third-order valence-electron chi connectivity index (χ3n) is 3.81. The number of H-pyrrole nitrogens is 1. The average molecular weight is 303 g/mol. The molecular formula is C15H17N3O4. The fraction of sp³-hybridized carbons (Fsp3) is 0.333. The van der Waals surface area contributed by atoms with Gasteiger partial charge in [-0.25, -0.2) is 0 Å². The molecule has 7 heteroatoms. The highest BCUT2D eigenvalue weighted by Crippen LogP contribution is 2.46. The van der Waals surface area contributed by atoms with Crippen LogP contribution in [0.2, 0.25) is 0 Å². The lowest BCUT2D eigenvalue weighted by molar-refractivity contribution is -0.116. The smallest absolute Gasteiger partial charge is 0.226 e. The Bertz CT molecular complexity index is 711. The van der Waals surface area contributed by atoms with Gasteiger partial charge < -0.3 is 19.5 Å². The Kier molecular flexibility index (Phi) is 3.62. The van der Waals surface area contributed by atoms with Gasteiger partial charge in [0, 0.05) is 23.5 Å². The number of carbonyl (C=O) groups excluding carboxylic acids is 1. The van der Waals surface area contributed by atoms with Crippen LogP contribution in [0.4, 0.5) is 5.82 Å². The molecule has 2 aromatic rings. The van der Waals surface area contributed by atoms with E-state index in [0.29, 0.717) is 29.5 Å². The molecule has 1 aliphatic rings. The van der Waals surface area contributed by atoms with Crippen LogP contribution in [-0.4, -0.2) is 37.4 Å². The van der Waals surface area contributed by atoms with Gasteiger partial charge in [-0.05, 0) is 6.07 Å². The SMILES string of the molecule is COc1ccc([C@H]2CC(=O)Nc3[nH]ncc32)c(OC)c1OC. The van der Waals surface area contributed by atoms with Gasteiger partial charge in [-0.15, -0.1) is 0 Å². The second-order valence-corrected chi connectivity index (χ2v) is 4.93. The first-order valence-electron chi connectivity index (χ1n) is 6.81. The topological polar surface area (TPSA) is 85.5 Å². The summed E-state index contributed by atoms with van der Waals surface area (Å²) in [5, 5.41) is 9.58. The van der Waals surface area contributed by atoms with Crippen molar-refractivity contribution in [2.24, 2.45) is 0 Å². The molecular weight excluding hydrogens is 286 g/mol. The zero-order chi connectivity index (χ0) is 15.7. The van der Waals surface area contributed by atoms with E-state index in [0.717, 1.165) is 11.1 Å². The second-order valence-electron chi connectivity index (χ2n) is 4.93. The maximum absolute atomic E-state index is 11.9. The molecule has 1 aliphatic heterocycles. The largest absolute Gasteiger partial charge is 0.493 e. The Labute approximate surface area is 127 Å². The van der Waals surface area contributed by atoms with Crippen LogP contribution in [0.25, 0.3) is 0 Å². The number of hydrogen-bond donors (Lipinski definition) is 2. The number of carbonyl (C=O) groups is 1. The standard InChI is InChI=1S/C15H17N3O4/c1-20-11-5-4-8(13(21-2)14(11)22-3)9-6-12(19)17-15-10(9)7-16-18-15/h4-5,7,9H,6H2,1-3H3,(H2,16,17,18,19)/t9-/m1/s1. The number of aromatic nitrogens is 2. The van der Waals surface area contributed by atoms with E-state index in [-0.39, 0.29) is 11.8 Å². The quantitative estimate of drug-likeness (QED) is 0.901. The molecule has 0 radical (unpaired) electrons. The van der Waals surface area contributed by atoms with E-state index in [1.165, 1.54) is 0 Å². The molecule has 1 aromatic carbocycles. The zero-order valence-corrected chi connectivity index (χ0v) is 12.6. The first-order chi connectivity index (χ1) is 10.7. The lowest BCUT2D eigenvalue weighted by Gasteiger charge is -2.25. The van der Waals surface area contributed by atoms with E-state index in [9.17, 15) is 4.79 Å². The van der Waals surface area contributed by atoms with Crippen molar-refractivity contribution in [1.82, 2.24) is 10.2 Å². The number of methoxy groups -OCH3 is 3. The number of ether oxygens (including phenoxy) is 3. The Morgan fingerprint density at radius 1 is 1.09 bits per heavy atom. The van der Waals surface area contributed by atoms with Crippen LogP contribution in [-0.2, 0) is 4.79 Å². The number of rotatable bonds is 4. The first-order valence-corrected chi connectivity index (χ1v) is 6.81. The summed E-state index contributed by atoms with van der Waals surface area (Å²) in [7, 11) is 4.69. The summed E-state index contributed by atoms with van der Waals surface area (Å²) in [6, 6.07) is 3.70. The molecule has 7 nitrogen and oxygen atoms in total. The normalized spacial score (nSPS) is 16.7. The van der Waals surface area contributed by atoms with Gasteiger partial charge in [-0.1, -0.05) is 6.07 Å². The molecule has 1 aromatic heterocycles. The molecule has 116 valence electrons. The van der Waals surface area contributed by atoms with E-state index in [2.05, 4.69) is 15.5 Å². The van der Waals surface area contributed by atoms with Gasteiger partial charge in [0.2, 0.25) is 11.7 Å². The summed E-state index contributed by atoms with van der Waals surface area (Å²) in [6.07, 6.45) is 2.04. The number of nitrogens with zero attached hydrogens (tertiary/aromatic N) is 1. The van der Waals surface area contributed by atoms with Crippen LogP contribution in [0, 0.1) is 0 Å². The van der Waals surface area contributed by atoms with Gasteiger partial charge in [0.15, 0.2) is 11.5 Å². The van der Waals surface area contributed by atoms with E-state index in [1.807, 2.05) is 12.1 Å². The van der Waals surface area contributed by atoms with Gasteiger partial charge in [-0.2, -0.15) is 5.10 Å². The molecule has 0 saturated carbocycles. The highest BCUT2D eigenvalue weighted by Gasteiger charge is 2.31. The lowest BCUT2D eigenvalue weighted by Crippen LogP contribution is -2.23. The molecule has 0 aliphatic carbocycles. The monoisotopic (exact) mass is 303 g/mol. The van der Waals surface area contributed by atoms with Crippen LogP contribution in [0.1, 0.15) is 23.5 Å². The van der Waals surface area contributed by atoms with Crippen molar-refractivity contribution in [2.75, 3.05) is 26.6 Å². The van der Waals surface area contributed by atoms with Crippen molar-refractivity contribution < 1.29 is 19.0 Å². The zero-order valence-electron chi connectivity index (χ0n) is 12.6. The molecule has 1 atom stereocenters. The Hall–Kier alpha value is -2.70. The summed E-state index contributed by atoms with van der Waals surface area (Å²) in [5.41, 5.74) is 1.78. The second kappa shape index (κ2) is 5.59. The number of aromatic amines is 1. The van der Waals surface area contributed by atoms with Crippen molar-refractivity contribution >= 4 is 11.7 Å². The minimum atomic E-state index is -0.155. The van der Waals surface area contributed by atoms with E-state index < -0.39 is 0 Å². The Morgan fingerprint density at radius 2 is 1.86 bits per heavy atom. The predicted octanol–water partition coefficient (Wildman–Crippen LogP) is 1.91. The molecule has 2 N–H and O–H groups in total. The Balaban J connectivity index is 2.15. The summed E-state index contributed by atoms with van der Waals surface area (Å²) in [5.74, 6) is 2.05. The minimum absolute atomic E-state index is 0.0708. The number of anilines is 1. The van der Waals surface area contributed by atoms with Crippen molar-refractivity contribution in [1.29, 1.82) is 0 Å². The number of benzene rings is 1. The molecule has 1 amide bonds. The van der Waals surface area contributed by atoms with Crippen LogP contribution < -0.4 is 19.5 Å². The third kappa shape index (κ3) is 2.14. The maximum Gasteiger partial charge on any atom is 0.226 e. The molecule has 0 spiro atoms. The van der Waals surface area contributed by atoms with E-state index in [1.54, 1.807) is 27.5 Å². The number of hydrogen-bond acceptors (Lipinski definition) is 5. The predicted molar refractivity (Wildman–Crippen MR) is 79.8 cm³/mol. The lowest BCUT2D eigenvalue weighted by atomic mass is 9.86. The molecule has 0 unspecified atom stereocenters. The summed E-state index contributed by atoms with van der Waals surface area (Å²) < 4.78 is 16.2. The molecule has 3 rings (SSSR count). The number of amides is 1. The number of nitrogens with one attached hydrogen (secondary N) is 2. The highest BCUT2D eigenvalue weighted by atomic mass is 16.5. The molecule has 0 saturated heterocycles. The minimum Gasteiger partial charge on any atom is -0.493 e. The fourth-order valence-corrected chi connectivity index (χ4v) is 2.82. The molecule has 22 heavy (non-hydrogen) atoms. The number of fused-ring (bicyclic) bond motifs is 1. The van der Waals surface area contributed by atoms with E-state index >= 15 is 0 Å². The van der Waals surface area contributed by atoms with Crippen molar-refractivity contribution in [3.63, 3.8) is 0 Å². The van der Waals surface area contributed by atoms with Crippen molar-refractivity contribution in [2.45, 2.75) is 12.3 Å². The summed E-state index contributed by atoms with van der Waals surface area (Å²) in [6.45, 7) is 0. The third-order valence-corrected chi connectivity index (χ3v) is 3.81. The van der Waals surface area contributed by atoms with Gasteiger partial charge >= 0.3 is 0 Å². The van der Waals surface area contributed by atoms with Gasteiger partial charge in [0.25, 0.3) is 0 Å². The molecule has 0 bridgehead atoms. The van der Waals surface area contributed by atoms with Crippen LogP contribution in [0.15, 0.2) is 18.3 Å². The first kappa shape index (κ1) is 14.2. The summed E-state index contributed by atoms with van der Waals surface area (Å²) >= 11 is 0. The van der Waals surface area contributed by atoms with Crippen LogP contribution in [0.5, 0.6) is 17.2 Å². The molecule has 2 heterocycles. The van der Waals surface area contributed by atoms with Crippen LogP contribution >= 0.6 is 0 Å². The highest BCUT2D eigenvalue weighted by molar-refractivity contribution is 5.94. The van der Waals surface area contributed by atoms with Gasteiger partial charge in [0.1, 0.15) is 5.82 Å². The average Bonchev–Trinajstić information content (AvgIpc) is 3.00. The van der Waals surface area contributed by atoms with Crippen molar-refractivity contribution in [3.05, 3.63) is 29.5 Å². The van der Waals surface area contributed by atoms with E-state index in [4.69, 9.17) is 14.2 Å². The Morgan fingerprint density at radius 3 is 2.55 bits per heavy atom. The van der Waals surface area contributed by atoms with Gasteiger partial charge in [-0.3, -0.25) is 9.89 Å². The maximum atomic E-state index is 11.9. The van der Waals surface area contributed by atoms with Gasteiger partial charge in [0.05, 0.1) is 27.5 Å².